The lowest BCUT2D eigenvalue weighted by molar-refractivity contribution is 0.0962. The Kier molecular flexibility index (Phi) is 4.83. The van der Waals surface area contributed by atoms with Gasteiger partial charge in [0.1, 0.15) is 23.6 Å². The van der Waals surface area contributed by atoms with Crippen LogP contribution >= 0.6 is 0 Å². The molecule has 0 saturated heterocycles. The van der Waals surface area contributed by atoms with Crippen LogP contribution in [0.2, 0.25) is 0 Å². The first-order valence-electron chi connectivity index (χ1n) is 7.33. The van der Waals surface area contributed by atoms with Crippen molar-refractivity contribution in [2.45, 2.75) is 0 Å². The van der Waals surface area contributed by atoms with E-state index in [1.165, 1.54) is 36.9 Å². The Morgan fingerprint density at radius 1 is 1.04 bits per heavy atom. The third kappa shape index (κ3) is 3.80. The topological polar surface area (TPSA) is 118 Å². The zero-order valence-corrected chi connectivity index (χ0v) is 13.2. The van der Waals surface area contributed by atoms with Gasteiger partial charge in [-0.05, 0) is 24.3 Å². The summed E-state index contributed by atoms with van der Waals surface area (Å²) in [6.45, 7) is 0. The normalized spacial score (nSPS) is 10.2. The van der Waals surface area contributed by atoms with Crippen LogP contribution in [-0.4, -0.2) is 20.9 Å². The van der Waals surface area contributed by atoms with Crippen molar-refractivity contribution in [3.05, 3.63) is 66.3 Å². The highest BCUT2D eigenvalue weighted by Gasteiger charge is 2.12. The van der Waals surface area contributed by atoms with Gasteiger partial charge in [0, 0.05) is 24.0 Å². The van der Waals surface area contributed by atoms with Crippen LogP contribution in [0.15, 0.2) is 49.1 Å². The molecule has 2 heterocycles. The summed E-state index contributed by atoms with van der Waals surface area (Å²) < 4.78 is 26.7. The molecule has 1 amide bonds. The first-order valence-corrected chi connectivity index (χ1v) is 7.33. The summed E-state index contributed by atoms with van der Waals surface area (Å²) in [7, 11) is 0. The highest BCUT2D eigenvalue weighted by molar-refractivity contribution is 5.95. The molecule has 132 valence electrons. The number of amides is 1. The number of nitrogen functional groups attached to an aromatic ring is 1. The molecule has 5 N–H and O–H groups in total. The molecule has 0 bridgehead atoms. The summed E-state index contributed by atoms with van der Waals surface area (Å²) >= 11 is 0. The number of hydrazine groups is 1. The van der Waals surface area contributed by atoms with Gasteiger partial charge >= 0.3 is 0 Å². The number of nitrogens with one attached hydrogen (secondary N) is 3. The first-order chi connectivity index (χ1) is 12.5. The summed E-state index contributed by atoms with van der Waals surface area (Å²) in [5, 5.41) is 2.65. The van der Waals surface area contributed by atoms with Crippen LogP contribution in [0, 0.1) is 11.6 Å². The van der Waals surface area contributed by atoms with Crippen LogP contribution in [0.1, 0.15) is 10.4 Å². The maximum absolute atomic E-state index is 13.7. The molecule has 0 aliphatic rings. The molecule has 0 saturated carbocycles. The van der Waals surface area contributed by atoms with Gasteiger partial charge in [0.2, 0.25) is 0 Å². The number of hydrogen-bond donors (Lipinski definition) is 4. The molecule has 8 nitrogen and oxygen atoms in total. The third-order valence-corrected chi connectivity index (χ3v) is 3.31. The number of rotatable bonds is 5. The van der Waals surface area contributed by atoms with Crippen molar-refractivity contribution < 1.29 is 13.6 Å². The number of aromatic nitrogens is 3. The molecule has 0 atom stereocenters. The van der Waals surface area contributed by atoms with E-state index in [1.54, 1.807) is 0 Å². The Labute approximate surface area is 146 Å². The molecule has 0 spiro atoms. The summed E-state index contributed by atoms with van der Waals surface area (Å²) in [5.41, 5.74) is 11.3. The van der Waals surface area contributed by atoms with E-state index < -0.39 is 17.5 Å². The summed E-state index contributed by atoms with van der Waals surface area (Å²) in [5.74, 6) is -1.74. The number of anilines is 4. The quantitative estimate of drug-likeness (QED) is 0.517. The van der Waals surface area contributed by atoms with Crippen LogP contribution < -0.4 is 21.9 Å². The van der Waals surface area contributed by atoms with Crippen LogP contribution in [-0.2, 0) is 0 Å². The highest BCUT2D eigenvalue weighted by Crippen LogP contribution is 2.26. The lowest BCUT2D eigenvalue weighted by Gasteiger charge is -2.13. The average Bonchev–Trinajstić information content (AvgIpc) is 2.65. The van der Waals surface area contributed by atoms with E-state index in [-0.39, 0.29) is 23.0 Å². The second kappa shape index (κ2) is 7.38. The lowest BCUT2D eigenvalue weighted by Crippen LogP contribution is -2.30. The Morgan fingerprint density at radius 3 is 2.50 bits per heavy atom. The van der Waals surface area contributed by atoms with Gasteiger partial charge in [0.05, 0.1) is 5.69 Å². The second-order valence-electron chi connectivity index (χ2n) is 5.05. The van der Waals surface area contributed by atoms with E-state index >= 15 is 0 Å². The second-order valence-corrected chi connectivity index (χ2v) is 5.05. The minimum Gasteiger partial charge on any atom is -0.393 e. The predicted molar refractivity (Wildman–Crippen MR) is 91.4 cm³/mol. The van der Waals surface area contributed by atoms with E-state index in [4.69, 9.17) is 5.73 Å². The molecular weight excluding hydrogens is 344 g/mol. The zero-order chi connectivity index (χ0) is 18.5. The van der Waals surface area contributed by atoms with Crippen molar-refractivity contribution in [3.8, 4) is 0 Å². The molecule has 0 aliphatic carbocycles. The van der Waals surface area contributed by atoms with Crippen molar-refractivity contribution in [1.82, 2.24) is 20.4 Å². The fourth-order valence-electron chi connectivity index (χ4n) is 2.00. The van der Waals surface area contributed by atoms with Gasteiger partial charge in [-0.1, -0.05) is 0 Å². The average molecular weight is 357 g/mol. The molecule has 0 fully saturated rings. The Morgan fingerprint density at radius 2 is 1.77 bits per heavy atom. The number of nitrogens with two attached hydrogens (primary N) is 1. The van der Waals surface area contributed by atoms with E-state index in [2.05, 4.69) is 31.1 Å². The molecule has 1 aromatic carbocycles. The van der Waals surface area contributed by atoms with Crippen molar-refractivity contribution in [2.75, 3.05) is 16.5 Å². The fourth-order valence-corrected chi connectivity index (χ4v) is 2.00. The van der Waals surface area contributed by atoms with Gasteiger partial charge in [-0.25, -0.2) is 18.7 Å². The number of nitrogens with zero attached hydrogens (tertiary/aromatic N) is 3. The number of hydrogen-bond acceptors (Lipinski definition) is 7. The Balaban J connectivity index is 1.74. The Hall–Kier alpha value is -3.82. The van der Waals surface area contributed by atoms with Crippen molar-refractivity contribution in [2.24, 2.45) is 0 Å². The van der Waals surface area contributed by atoms with Crippen LogP contribution in [0.4, 0.5) is 31.8 Å². The molecule has 26 heavy (non-hydrogen) atoms. The maximum atomic E-state index is 13.7. The molecule has 0 radical (unpaired) electrons. The fraction of sp³-hybridized carbons (Fsp3) is 0. The minimum atomic E-state index is -0.802. The van der Waals surface area contributed by atoms with Crippen molar-refractivity contribution in [3.63, 3.8) is 0 Å². The van der Waals surface area contributed by atoms with Crippen LogP contribution in [0.3, 0.4) is 0 Å². The molecule has 0 unspecified atom stereocenters. The number of carbonyl (C=O) groups excluding carboxylic acids is 1. The largest absolute Gasteiger partial charge is 0.393 e. The van der Waals surface area contributed by atoms with Crippen molar-refractivity contribution in [1.29, 1.82) is 0 Å². The van der Waals surface area contributed by atoms with Gasteiger partial charge in [-0.15, -0.1) is 0 Å². The smallest absolute Gasteiger partial charge is 0.269 e. The van der Waals surface area contributed by atoms with Crippen LogP contribution in [0.5, 0.6) is 0 Å². The van der Waals surface area contributed by atoms with Gasteiger partial charge in [-0.2, -0.15) is 0 Å². The first kappa shape index (κ1) is 17.0. The van der Waals surface area contributed by atoms with Gasteiger partial charge in [0.25, 0.3) is 5.91 Å². The molecule has 10 heteroatoms. The third-order valence-electron chi connectivity index (χ3n) is 3.31. The van der Waals surface area contributed by atoms with Gasteiger partial charge in [-0.3, -0.25) is 20.6 Å². The molecule has 3 rings (SSSR count). The number of benzene rings is 1. The molecular formula is C16H13F2N7O. The van der Waals surface area contributed by atoms with Crippen LogP contribution in [0.25, 0.3) is 0 Å². The van der Waals surface area contributed by atoms with Crippen molar-refractivity contribution >= 4 is 28.9 Å². The van der Waals surface area contributed by atoms with E-state index in [0.29, 0.717) is 5.56 Å². The zero-order valence-electron chi connectivity index (χ0n) is 13.2. The number of carbonyl (C=O) groups is 1. The van der Waals surface area contributed by atoms with Gasteiger partial charge in [0.15, 0.2) is 11.6 Å². The number of halogens is 2. The standard InChI is InChI=1S/C16H13F2N7O/c17-10-1-2-12(11(18)7-10)23-14-13(19)15(22-8-21-14)24-25-16(26)9-3-5-20-6-4-9/h1-8H,19H2,(H,25,26)(H2,21,22,23,24). The molecule has 0 aliphatic heterocycles. The van der Waals surface area contributed by atoms with E-state index in [1.807, 2.05) is 0 Å². The predicted octanol–water partition coefficient (Wildman–Crippen LogP) is 2.23. The SMILES string of the molecule is Nc1c(NNC(=O)c2ccncc2)ncnc1Nc1ccc(F)cc1F. The van der Waals surface area contributed by atoms with E-state index in [0.717, 1.165) is 12.1 Å². The summed E-state index contributed by atoms with van der Waals surface area (Å²) in [6, 6.07) is 6.10. The minimum absolute atomic E-state index is 0.0106. The molecule has 2 aromatic heterocycles. The summed E-state index contributed by atoms with van der Waals surface area (Å²) in [6.07, 6.45) is 4.13. The van der Waals surface area contributed by atoms with E-state index in [9.17, 15) is 13.6 Å². The molecule has 3 aromatic rings. The summed E-state index contributed by atoms with van der Waals surface area (Å²) in [4.78, 5) is 23.6. The van der Waals surface area contributed by atoms with Gasteiger partial charge < -0.3 is 11.1 Å². The highest BCUT2D eigenvalue weighted by atomic mass is 19.1. The lowest BCUT2D eigenvalue weighted by atomic mass is 10.2. The Bertz CT molecular complexity index is 937. The maximum Gasteiger partial charge on any atom is 0.269 e. The monoisotopic (exact) mass is 357 g/mol. The number of pyridine rings is 1.